The van der Waals surface area contributed by atoms with Crippen molar-refractivity contribution in [1.29, 1.82) is 0 Å². The predicted molar refractivity (Wildman–Crippen MR) is 71.8 cm³/mol. The van der Waals surface area contributed by atoms with Gasteiger partial charge in [0.1, 0.15) is 0 Å². The van der Waals surface area contributed by atoms with Crippen LogP contribution in [0.5, 0.6) is 0 Å². The number of hydrogen-bond acceptors (Lipinski definition) is 0. The Hall–Kier alpha value is -0.210. The number of rotatable bonds is 7. The van der Waals surface area contributed by atoms with E-state index in [-0.39, 0.29) is 12.8 Å². The van der Waals surface area contributed by atoms with Crippen LogP contribution in [-0.2, 0) is 0 Å². The molecule has 0 nitrogen and oxygen atoms in total. The van der Waals surface area contributed by atoms with Gasteiger partial charge in [-0.25, -0.2) is 13.2 Å². The fraction of sp³-hybridized carbons (Fsp3) is 1.00. The molecule has 1 unspecified atom stereocenters. The van der Waals surface area contributed by atoms with Gasteiger partial charge >= 0.3 is 0 Å². The fourth-order valence-electron chi connectivity index (χ4n) is 2.55. The molecule has 0 radical (unpaired) electrons. The van der Waals surface area contributed by atoms with E-state index in [0.29, 0.717) is 12.8 Å². The lowest BCUT2D eigenvalue weighted by Crippen LogP contribution is -2.60. The van der Waals surface area contributed by atoms with Gasteiger partial charge in [0.2, 0.25) is 0 Å². The largest absolute Gasteiger partial charge is 0.286 e. The second-order valence-corrected chi connectivity index (χ2v) is 6.11. The highest BCUT2D eigenvalue weighted by Crippen LogP contribution is 2.58. The van der Waals surface area contributed by atoms with E-state index >= 15 is 4.39 Å². The van der Waals surface area contributed by atoms with Crippen LogP contribution in [0.3, 0.4) is 0 Å². The standard InChI is InChI=1S/C15H29F3/c1-8-12(5,9-2)14(7,16)15(17,18)13(6,10-3)11-4/h8-11H2,1-7H3. The molecule has 0 N–H and O–H groups in total. The topological polar surface area (TPSA) is 0 Å². The lowest BCUT2D eigenvalue weighted by molar-refractivity contribution is -0.247. The van der Waals surface area contributed by atoms with Crippen LogP contribution in [0.1, 0.15) is 74.1 Å². The molecule has 0 saturated carbocycles. The zero-order valence-corrected chi connectivity index (χ0v) is 13.0. The van der Waals surface area contributed by atoms with Crippen LogP contribution >= 0.6 is 0 Å². The molecule has 0 rings (SSSR count). The number of alkyl halides is 3. The van der Waals surface area contributed by atoms with E-state index in [1.165, 1.54) is 6.92 Å². The summed E-state index contributed by atoms with van der Waals surface area (Å²) in [4.78, 5) is 0. The van der Waals surface area contributed by atoms with Gasteiger partial charge in [-0.15, -0.1) is 0 Å². The molecular formula is C15H29F3. The van der Waals surface area contributed by atoms with Crippen molar-refractivity contribution in [3.63, 3.8) is 0 Å². The molecule has 110 valence electrons. The first-order chi connectivity index (χ1) is 7.99. The third-order valence-electron chi connectivity index (χ3n) is 5.60. The summed E-state index contributed by atoms with van der Waals surface area (Å²) in [5.41, 5.74) is -4.78. The highest BCUT2D eigenvalue weighted by molar-refractivity contribution is 5.07. The van der Waals surface area contributed by atoms with E-state index in [0.717, 1.165) is 6.92 Å². The Morgan fingerprint density at radius 1 is 0.611 bits per heavy atom. The van der Waals surface area contributed by atoms with E-state index in [2.05, 4.69) is 0 Å². The third-order valence-corrected chi connectivity index (χ3v) is 5.60. The molecule has 0 aliphatic rings. The minimum atomic E-state index is -3.33. The first kappa shape index (κ1) is 17.8. The molecule has 0 amide bonds. The van der Waals surface area contributed by atoms with Gasteiger partial charge < -0.3 is 0 Å². The van der Waals surface area contributed by atoms with E-state index in [1.807, 2.05) is 0 Å². The van der Waals surface area contributed by atoms with Gasteiger partial charge in [0.15, 0.2) is 5.67 Å². The molecule has 0 aliphatic carbocycles. The van der Waals surface area contributed by atoms with Crippen LogP contribution in [0.25, 0.3) is 0 Å². The Morgan fingerprint density at radius 3 is 1.11 bits per heavy atom. The van der Waals surface area contributed by atoms with Crippen molar-refractivity contribution in [2.24, 2.45) is 10.8 Å². The average molecular weight is 266 g/mol. The highest BCUT2D eigenvalue weighted by Gasteiger charge is 2.66. The molecule has 0 saturated heterocycles. The summed E-state index contributed by atoms with van der Waals surface area (Å²) < 4.78 is 44.5. The van der Waals surface area contributed by atoms with Crippen LogP contribution in [0.4, 0.5) is 13.2 Å². The Balaban J connectivity index is 5.71. The van der Waals surface area contributed by atoms with Gasteiger partial charge in [-0.05, 0) is 32.6 Å². The normalized spacial score (nSPS) is 17.7. The Labute approximate surface area is 110 Å². The van der Waals surface area contributed by atoms with Crippen molar-refractivity contribution in [2.75, 3.05) is 0 Å². The SMILES string of the molecule is CCC(C)(CC)C(C)(F)C(F)(F)C(C)(CC)CC. The van der Waals surface area contributed by atoms with Gasteiger partial charge in [0.05, 0.1) is 0 Å². The fourth-order valence-corrected chi connectivity index (χ4v) is 2.55. The van der Waals surface area contributed by atoms with Crippen LogP contribution in [0.2, 0.25) is 0 Å². The van der Waals surface area contributed by atoms with Crippen molar-refractivity contribution in [3.8, 4) is 0 Å². The minimum Gasteiger partial charge on any atom is -0.237 e. The lowest BCUT2D eigenvalue weighted by Gasteiger charge is -2.50. The third kappa shape index (κ3) is 2.30. The van der Waals surface area contributed by atoms with Crippen LogP contribution in [0, 0.1) is 10.8 Å². The van der Waals surface area contributed by atoms with Gasteiger partial charge in [0.25, 0.3) is 5.92 Å². The molecule has 0 heterocycles. The van der Waals surface area contributed by atoms with Crippen molar-refractivity contribution in [2.45, 2.75) is 85.7 Å². The molecule has 0 fully saturated rings. The highest BCUT2D eigenvalue weighted by atomic mass is 19.3. The van der Waals surface area contributed by atoms with E-state index in [1.54, 1.807) is 34.6 Å². The van der Waals surface area contributed by atoms with E-state index < -0.39 is 22.4 Å². The van der Waals surface area contributed by atoms with Crippen LogP contribution in [-0.4, -0.2) is 11.6 Å². The Bertz CT molecular complexity index is 233. The molecule has 1 atom stereocenters. The van der Waals surface area contributed by atoms with Crippen molar-refractivity contribution in [1.82, 2.24) is 0 Å². The summed E-state index contributed by atoms with van der Waals surface area (Å²) in [5, 5.41) is 0. The van der Waals surface area contributed by atoms with Crippen molar-refractivity contribution < 1.29 is 13.2 Å². The maximum atomic E-state index is 15.0. The molecular weight excluding hydrogens is 237 g/mol. The van der Waals surface area contributed by atoms with Gasteiger partial charge in [-0.2, -0.15) is 0 Å². The van der Waals surface area contributed by atoms with E-state index in [4.69, 9.17) is 0 Å². The minimum absolute atomic E-state index is 0.277. The molecule has 18 heavy (non-hydrogen) atoms. The van der Waals surface area contributed by atoms with Crippen LogP contribution < -0.4 is 0 Å². The first-order valence-electron chi connectivity index (χ1n) is 7.06. The lowest BCUT2D eigenvalue weighted by atomic mass is 9.61. The summed E-state index contributed by atoms with van der Waals surface area (Å²) in [5.74, 6) is -3.33. The monoisotopic (exact) mass is 266 g/mol. The average Bonchev–Trinajstić information content (AvgIpc) is 2.35. The molecule has 0 aliphatic heterocycles. The predicted octanol–water partition coefficient (Wildman–Crippen LogP) is 6.00. The van der Waals surface area contributed by atoms with Crippen molar-refractivity contribution in [3.05, 3.63) is 0 Å². The zero-order valence-electron chi connectivity index (χ0n) is 13.0. The molecule has 0 spiro atoms. The summed E-state index contributed by atoms with van der Waals surface area (Å²) in [6, 6.07) is 0. The smallest absolute Gasteiger partial charge is 0.237 e. The summed E-state index contributed by atoms with van der Waals surface area (Å²) in [6.45, 7) is 11.2. The maximum absolute atomic E-state index is 15.0. The quantitative estimate of drug-likeness (QED) is 0.530. The zero-order chi connectivity index (χ0) is 14.8. The summed E-state index contributed by atoms with van der Waals surface area (Å²) in [6.07, 6.45) is 1.38. The van der Waals surface area contributed by atoms with Crippen molar-refractivity contribution >= 4 is 0 Å². The number of hydrogen-bond donors (Lipinski definition) is 0. The second-order valence-electron chi connectivity index (χ2n) is 6.11. The summed E-state index contributed by atoms with van der Waals surface area (Å²) in [7, 11) is 0. The maximum Gasteiger partial charge on any atom is 0.286 e. The van der Waals surface area contributed by atoms with Gasteiger partial charge in [-0.1, -0.05) is 41.5 Å². The Morgan fingerprint density at radius 2 is 0.889 bits per heavy atom. The Kier molecular flexibility index (Phi) is 5.36. The second kappa shape index (κ2) is 5.42. The molecule has 0 bridgehead atoms. The van der Waals surface area contributed by atoms with Gasteiger partial charge in [0, 0.05) is 10.8 Å². The molecule has 3 heteroatoms. The van der Waals surface area contributed by atoms with Gasteiger partial charge in [-0.3, -0.25) is 0 Å². The number of halogens is 3. The molecule has 0 aromatic carbocycles. The summed E-state index contributed by atoms with van der Waals surface area (Å²) >= 11 is 0. The molecule has 0 aromatic rings. The van der Waals surface area contributed by atoms with Crippen LogP contribution in [0.15, 0.2) is 0 Å². The molecule has 0 aromatic heterocycles. The van der Waals surface area contributed by atoms with E-state index in [9.17, 15) is 8.78 Å². The first-order valence-corrected chi connectivity index (χ1v) is 7.06.